The first-order chi connectivity index (χ1) is 12.2. The van der Waals surface area contributed by atoms with Crippen LogP contribution in [0.3, 0.4) is 0 Å². The molecule has 4 rings (SSSR count). The predicted octanol–water partition coefficient (Wildman–Crippen LogP) is 3.45. The number of pyridine rings is 1. The Kier molecular flexibility index (Phi) is 3.76. The van der Waals surface area contributed by atoms with Crippen molar-refractivity contribution in [3.8, 4) is 11.5 Å². The number of aromatic nitrogens is 1. The van der Waals surface area contributed by atoms with Crippen LogP contribution in [-0.4, -0.2) is 31.7 Å². The van der Waals surface area contributed by atoms with Gasteiger partial charge in [-0.1, -0.05) is 12.1 Å². The molecule has 0 N–H and O–H groups in total. The molecule has 1 aliphatic rings. The third-order valence-corrected chi connectivity index (χ3v) is 4.52. The zero-order valence-corrected chi connectivity index (χ0v) is 14.2. The van der Waals surface area contributed by atoms with Crippen molar-refractivity contribution in [3.63, 3.8) is 0 Å². The number of para-hydroxylation sites is 1. The first-order valence-corrected chi connectivity index (χ1v) is 8.14. The van der Waals surface area contributed by atoms with Crippen molar-refractivity contribution in [3.05, 3.63) is 59.7 Å². The van der Waals surface area contributed by atoms with Gasteiger partial charge in [0.05, 0.1) is 25.3 Å². The molecule has 5 nitrogen and oxygen atoms in total. The summed E-state index contributed by atoms with van der Waals surface area (Å²) >= 11 is 0. The van der Waals surface area contributed by atoms with E-state index in [1.807, 2.05) is 30.3 Å². The Morgan fingerprint density at radius 2 is 1.92 bits per heavy atom. The van der Waals surface area contributed by atoms with Crippen LogP contribution in [0.25, 0.3) is 10.9 Å². The number of carbonyl (C=O) groups excluding carboxylic acids is 1. The Labute approximate surface area is 145 Å². The zero-order chi connectivity index (χ0) is 17.4. The molecule has 1 aliphatic heterocycles. The summed E-state index contributed by atoms with van der Waals surface area (Å²) in [6.45, 7) is 0.618. The summed E-state index contributed by atoms with van der Waals surface area (Å²) < 4.78 is 10.6. The summed E-state index contributed by atoms with van der Waals surface area (Å²) in [5.41, 5.74) is 2.45. The van der Waals surface area contributed by atoms with Crippen molar-refractivity contribution in [2.45, 2.75) is 6.42 Å². The Balaban J connectivity index is 1.78. The summed E-state index contributed by atoms with van der Waals surface area (Å²) in [4.78, 5) is 19.5. The van der Waals surface area contributed by atoms with E-state index in [0.29, 0.717) is 17.9 Å². The van der Waals surface area contributed by atoms with Crippen molar-refractivity contribution >= 4 is 22.6 Å². The highest BCUT2D eigenvalue weighted by Gasteiger charge is 2.29. The fraction of sp³-hybridized carbons (Fsp3) is 0.200. The lowest BCUT2D eigenvalue weighted by atomic mass is 10.1. The molecule has 2 aromatic carbocycles. The number of nitrogens with zero attached hydrogens (tertiary/aromatic N) is 2. The maximum Gasteiger partial charge on any atom is 0.263 e. The molecular formula is C20H18N2O3. The van der Waals surface area contributed by atoms with Crippen molar-refractivity contribution in [2.75, 3.05) is 25.7 Å². The number of fused-ring (bicyclic) bond motifs is 2. The lowest BCUT2D eigenvalue weighted by molar-refractivity contribution is 0.0986. The van der Waals surface area contributed by atoms with E-state index in [2.05, 4.69) is 6.07 Å². The molecule has 0 fully saturated rings. The van der Waals surface area contributed by atoms with E-state index in [1.165, 1.54) is 0 Å². The minimum absolute atomic E-state index is 0.0917. The smallest absolute Gasteiger partial charge is 0.263 e. The van der Waals surface area contributed by atoms with Crippen molar-refractivity contribution in [2.24, 2.45) is 0 Å². The van der Waals surface area contributed by atoms with Gasteiger partial charge in [0.15, 0.2) is 0 Å². The fourth-order valence-corrected chi connectivity index (χ4v) is 3.23. The van der Waals surface area contributed by atoms with Gasteiger partial charge in [0, 0.05) is 18.0 Å². The zero-order valence-electron chi connectivity index (χ0n) is 14.2. The number of ether oxygens (including phenoxy) is 2. The molecule has 5 heteroatoms. The van der Waals surface area contributed by atoms with Gasteiger partial charge in [0.1, 0.15) is 17.3 Å². The minimum Gasteiger partial charge on any atom is -0.497 e. The molecule has 25 heavy (non-hydrogen) atoms. The van der Waals surface area contributed by atoms with Gasteiger partial charge in [-0.3, -0.25) is 9.69 Å². The summed E-state index contributed by atoms with van der Waals surface area (Å²) in [6, 6.07) is 15.2. The number of methoxy groups -OCH3 is 2. The maximum atomic E-state index is 13.0. The average molecular weight is 334 g/mol. The molecule has 0 spiro atoms. The van der Waals surface area contributed by atoms with Crippen molar-refractivity contribution in [1.29, 1.82) is 0 Å². The Hall–Kier alpha value is -3.08. The number of amides is 1. The molecule has 0 bridgehead atoms. The monoisotopic (exact) mass is 334 g/mol. The van der Waals surface area contributed by atoms with Crippen LogP contribution in [0.4, 0.5) is 5.82 Å². The highest BCUT2D eigenvalue weighted by molar-refractivity contribution is 6.09. The first kappa shape index (κ1) is 15.4. The molecule has 0 saturated carbocycles. The summed E-state index contributed by atoms with van der Waals surface area (Å²) in [5, 5.41) is 1.05. The van der Waals surface area contributed by atoms with Gasteiger partial charge < -0.3 is 9.47 Å². The van der Waals surface area contributed by atoms with Crippen LogP contribution < -0.4 is 14.4 Å². The molecule has 1 aromatic heterocycles. The largest absolute Gasteiger partial charge is 0.497 e. The number of anilines is 1. The second-order valence-electron chi connectivity index (χ2n) is 5.94. The highest BCUT2D eigenvalue weighted by Crippen LogP contribution is 2.33. The number of carbonyl (C=O) groups is 1. The quantitative estimate of drug-likeness (QED) is 0.736. The van der Waals surface area contributed by atoms with Crippen LogP contribution in [-0.2, 0) is 6.42 Å². The normalized spacial score (nSPS) is 13.0. The van der Waals surface area contributed by atoms with Gasteiger partial charge in [0.25, 0.3) is 5.91 Å². The van der Waals surface area contributed by atoms with Crippen LogP contribution >= 0.6 is 0 Å². The molecular weight excluding hydrogens is 316 g/mol. The molecule has 0 unspecified atom stereocenters. The van der Waals surface area contributed by atoms with Crippen LogP contribution in [0.2, 0.25) is 0 Å². The summed E-state index contributed by atoms with van der Waals surface area (Å²) in [5.74, 6) is 1.95. The number of benzene rings is 2. The van der Waals surface area contributed by atoms with Crippen molar-refractivity contribution in [1.82, 2.24) is 4.98 Å². The predicted molar refractivity (Wildman–Crippen MR) is 96.7 cm³/mol. The fourth-order valence-electron chi connectivity index (χ4n) is 3.23. The Bertz CT molecular complexity index is 968. The molecule has 0 saturated heterocycles. The van der Waals surface area contributed by atoms with Gasteiger partial charge in [-0.15, -0.1) is 0 Å². The summed E-state index contributed by atoms with van der Waals surface area (Å²) in [7, 11) is 3.20. The minimum atomic E-state index is -0.0917. The Morgan fingerprint density at radius 3 is 2.72 bits per heavy atom. The molecule has 0 radical (unpaired) electrons. The molecule has 3 aromatic rings. The molecule has 126 valence electrons. The number of hydrogen-bond acceptors (Lipinski definition) is 4. The van der Waals surface area contributed by atoms with E-state index < -0.39 is 0 Å². The van der Waals surface area contributed by atoms with Crippen LogP contribution in [0.1, 0.15) is 15.9 Å². The van der Waals surface area contributed by atoms with Crippen LogP contribution in [0.5, 0.6) is 11.5 Å². The van der Waals surface area contributed by atoms with Crippen LogP contribution in [0.15, 0.2) is 48.5 Å². The second kappa shape index (κ2) is 6.09. The van der Waals surface area contributed by atoms with Gasteiger partial charge in [-0.25, -0.2) is 4.98 Å². The highest BCUT2D eigenvalue weighted by atomic mass is 16.5. The van der Waals surface area contributed by atoms with Crippen LogP contribution in [0, 0.1) is 0 Å². The van der Waals surface area contributed by atoms with E-state index in [9.17, 15) is 4.79 Å². The average Bonchev–Trinajstić information content (AvgIpc) is 3.07. The molecule has 0 aliphatic carbocycles. The van der Waals surface area contributed by atoms with Gasteiger partial charge in [-0.2, -0.15) is 0 Å². The molecule has 2 heterocycles. The van der Waals surface area contributed by atoms with E-state index >= 15 is 0 Å². The van der Waals surface area contributed by atoms with E-state index in [0.717, 1.165) is 34.5 Å². The van der Waals surface area contributed by atoms with E-state index in [4.69, 9.17) is 14.5 Å². The van der Waals surface area contributed by atoms with Crippen molar-refractivity contribution < 1.29 is 14.3 Å². The topological polar surface area (TPSA) is 51.7 Å². The van der Waals surface area contributed by atoms with Gasteiger partial charge in [0.2, 0.25) is 0 Å². The number of hydrogen-bond donors (Lipinski definition) is 0. The first-order valence-electron chi connectivity index (χ1n) is 8.14. The molecule has 1 amide bonds. The lowest BCUT2D eigenvalue weighted by Crippen LogP contribution is -2.29. The third-order valence-electron chi connectivity index (χ3n) is 4.52. The Morgan fingerprint density at radius 1 is 1.08 bits per heavy atom. The molecule has 0 atom stereocenters. The van der Waals surface area contributed by atoms with E-state index in [-0.39, 0.29) is 5.91 Å². The van der Waals surface area contributed by atoms with Gasteiger partial charge in [-0.05, 0) is 42.3 Å². The SMILES string of the molecule is COc1ccc2cc3c(nc2c1)N(C(=O)c1ccccc1OC)CC3. The number of rotatable bonds is 3. The second-order valence-corrected chi connectivity index (χ2v) is 5.94. The van der Waals surface area contributed by atoms with Gasteiger partial charge >= 0.3 is 0 Å². The summed E-state index contributed by atoms with van der Waals surface area (Å²) in [6.07, 6.45) is 0.797. The third kappa shape index (κ3) is 2.58. The van der Waals surface area contributed by atoms with E-state index in [1.54, 1.807) is 31.3 Å². The standard InChI is InChI=1S/C20H18N2O3/c1-24-15-8-7-13-11-14-9-10-22(19(14)21-17(13)12-15)20(23)16-5-3-4-6-18(16)25-2/h3-8,11-12H,9-10H2,1-2H3. The maximum absolute atomic E-state index is 13.0. The lowest BCUT2D eigenvalue weighted by Gasteiger charge is -2.18.